The number of nitrogens with zero attached hydrogens (tertiary/aromatic N) is 4. The van der Waals surface area contributed by atoms with Gasteiger partial charge in [-0.1, -0.05) is 23.8 Å². The third-order valence-electron chi connectivity index (χ3n) is 5.07. The van der Waals surface area contributed by atoms with E-state index in [1.54, 1.807) is 12.1 Å². The van der Waals surface area contributed by atoms with Crippen LogP contribution in [0.5, 0.6) is 0 Å². The van der Waals surface area contributed by atoms with Gasteiger partial charge in [-0.2, -0.15) is 0 Å². The second-order valence-corrected chi connectivity index (χ2v) is 7.00. The van der Waals surface area contributed by atoms with Crippen molar-refractivity contribution < 1.29 is 4.39 Å². The van der Waals surface area contributed by atoms with Crippen molar-refractivity contribution >= 4 is 0 Å². The lowest BCUT2D eigenvalue weighted by Gasteiger charge is -2.39. The molecular weight excluding hydrogens is 303 g/mol. The van der Waals surface area contributed by atoms with Crippen LogP contribution in [0.2, 0.25) is 0 Å². The number of piperidine rings is 1. The minimum atomic E-state index is -0.209. The highest BCUT2D eigenvalue weighted by Gasteiger charge is 2.23. The van der Waals surface area contributed by atoms with E-state index in [9.17, 15) is 4.39 Å². The molecule has 5 heteroatoms. The molecule has 1 aromatic heterocycles. The Bertz CT molecular complexity index is 627. The van der Waals surface area contributed by atoms with Crippen molar-refractivity contribution in [1.29, 1.82) is 0 Å². The normalized spacial score (nSPS) is 22.0. The summed E-state index contributed by atoms with van der Waals surface area (Å²) in [4.78, 5) is 2.63. The minimum Gasteiger partial charge on any atom is -0.298 e. The molecule has 2 aromatic rings. The maximum Gasteiger partial charge on any atom is 0.123 e. The van der Waals surface area contributed by atoms with Crippen LogP contribution >= 0.6 is 0 Å². The van der Waals surface area contributed by atoms with Crippen LogP contribution in [0.3, 0.4) is 0 Å². The summed E-state index contributed by atoms with van der Waals surface area (Å²) in [5.74, 6) is -0.209. The Morgan fingerprint density at radius 1 is 1.12 bits per heavy atom. The van der Waals surface area contributed by atoms with Crippen molar-refractivity contribution in [2.45, 2.75) is 64.6 Å². The lowest BCUT2D eigenvalue weighted by atomic mass is 9.97. The number of aromatic nitrogens is 3. The molecule has 4 nitrogen and oxygen atoms in total. The standard InChI is InChI=1S/C19H27FN4/c1-15-5-3-6-16(2)24(15)12-4-7-19-14-23(22-21-19)13-17-8-10-18(20)11-9-17/h8-11,14-16H,3-7,12-13H2,1-2H3/t15-,16+. The van der Waals surface area contributed by atoms with Gasteiger partial charge in [-0.15, -0.1) is 5.10 Å². The number of benzene rings is 1. The third kappa shape index (κ3) is 4.41. The molecule has 130 valence electrons. The molecule has 0 N–H and O–H groups in total. The Balaban J connectivity index is 1.48. The predicted octanol–water partition coefficient (Wildman–Crippen LogP) is 3.66. The maximum atomic E-state index is 12.9. The van der Waals surface area contributed by atoms with Gasteiger partial charge in [0.2, 0.25) is 0 Å². The van der Waals surface area contributed by atoms with Gasteiger partial charge in [0.15, 0.2) is 0 Å². The van der Waals surface area contributed by atoms with Crippen molar-refractivity contribution in [3.8, 4) is 0 Å². The summed E-state index contributed by atoms with van der Waals surface area (Å²) in [6.45, 7) is 6.45. The van der Waals surface area contributed by atoms with E-state index in [4.69, 9.17) is 0 Å². The average molecular weight is 330 g/mol. The van der Waals surface area contributed by atoms with Crippen molar-refractivity contribution in [2.75, 3.05) is 6.54 Å². The molecule has 0 saturated carbocycles. The smallest absolute Gasteiger partial charge is 0.123 e. The monoisotopic (exact) mass is 330 g/mol. The molecule has 1 aliphatic rings. The number of halogens is 1. The zero-order valence-electron chi connectivity index (χ0n) is 14.7. The SMILES string of the molecule is C[C@@H]1CCC[C@H](C)N1CCCc1cn(Cc2ccc(F)cc2)nn1. The van der Waals surface area contributed by atoms with Gasteiger partial charge in [0, 0.05) is 18.3 Å². The Kier molecular flexibility index (Phi) is 5.61. The van der Waals surface area contributed by atoms with Crippen molar-refractivity contribution in [2.24, 2.45) is 0 Å². The molecule has 0 amide bonds. The van der Waals surface area contributed by atoms with Gasteiger partial charge in [-0.3, -0.25) is 4.90 Å². The summed E-state index contributed by atoms with van der Waals surface area (Å²) in [6, 6.07) is 7.93. The summed E-state index contributed by atoms with van der Waals surface area (Å²) < 4.78 is 14.8. The van der Waals surface area contributed by atoms with Crippen molar-refractivity contribution in [3.05, 3.63) is 47.5 Å². The van der Waals surface area contributed by atoms with Gasteiger partial charge in [0.05, 0.1) is 12.2 Å². The molecule has 2 heterocycles. The van der Waals surface area contributed by atoms with E-state index >= 15 is 0 Å². The van der Waals surface area contributed by atoms with Crippen molar-refractivity contribution in [1.82, 2.24) is 19.9 Å². The van der Waals surface area contributed by atoms with E-state index in [2.05, 4.69) is 29.1 Å². The van der Waals surface area contributed by atoms with Crippen LogP contribution in [0.1, 0.15) is 50.8 Å². The summed E-state index contributed by atoms with van der Waals surface area (Å²) in [7, 11) is 0. The number of rotatable bonds is 6. The van der Waals surface area contributed by atoms with E-state index in [0.29, 0.717) is 18.6 Å². The van der Waals surface area contributed by atoms with Crippen LogP contribution < -0.4 is 0 Å². The average Bonchev–Trinajstić information content (AvgIpc) is 3.00. The Hall–Kier alpha value is -1.75. The molecule has 3 rings (SSSR count). The summed E-state index contributed by atoms with van der Waals surface area (Å²) in [5, 5.41) is 8.46. The quantitative estimate of drug-likeness (QED) is 0.810. The molecule has 1 fully saturated rings. The fourth-order valence-electron chi connectivity index (χ4n) is 3.67. The molecule has 0 spiro atoms. The van der Waals surface area contributed by atoms with Gasteiger partial charge in [-0.05, 0) is 63.8 Å². The largest absolute Gasteiger partial charge is 0.298 e. The van der Waals surface area contributed by atoms with E-state index in [-0.39, 0.29) is 5.82 Å². The Morgan fingerprint density at radius 3 is 2.54 bits per heavy atom. The first-order valence-electron chi connectivity index (χ1n) is 9.01. The number of hydrogen-bond acceptors (Lipinski definition) is 3. The van der Waals surface area contributed by atoms with E-state index < -0.39 is 0 Å². The van der Waals surface area contributed by atoms with Crippen LogP contribution in [-0.4, -0.2) is 38.5 Å². The van der Waals surface area contributed by atoms with Gasteiger partial charge < -0.3 is 0 Å². The van der Waals surface area contributed by atoms with Crippen LogP contribution in [0.15, 0.2) is 30.5 Å². The van der Waals surface area contributed by atoms with E-state index in [1.807, 2.05) is 10.9 Å². The van der Waals surface area contributed by atoms with Gasteiger partial charge in [-0.25, -0.2) is 9.07 Å². The van der Waals surface area contributed by atoms with Gasteiger partial charge >= 0.3 is 0 Å². The highest BCUT2D eigenvalue weighted by molar-refractivity contribution is 5.16. The lowest BCUT2D eigenvalue weighted by molar-refractivity contribution is 0.102. The summed E-state index contributed by atoms with van der Waals surface area (Å²) in [6.07, 6.45) is 8.07. The second kappa shape index (κ2) is 7.88. The molecule has 1 aliphatic heterocycles. The second-order valence-electron chi connectivity index (χ2n) is 7.00. The number of aryl methyl sites for hydroxylation is 1. The molecule has 0 aliphatic carbocycles. The highest BCUT2D eigenvalue weighted by atomic mass is 19.1. The zero-order valence-corrected chi connectivity index (χ0v) is 14.7. The van der Waals surface area contributed by atoms with E-state index in [0.717, 1.165) is 30.6 Å². The molecule has 0 bridgehead atoms. The van der Waals surface area contributed by atoms with Crippen molar-refractivity contribution in [3.63, 3.8) is 0 Å². The molecule has 1 saturated heterocycles. The van der Waals surface area contributed by atoms with Gasteiger partial charge in [0.25, 0.3) is 0 Å². The predicted molar refractivity (Wildman–Crippen MR) is 93.3 cm³/mol. The Labute approximate surface area is 143 Å². The molecule has 0 unspecified atom stereocenters. The number of hydrogen-bond donors (Lipinski definition) is 0. The molecule has 0 radical (unpaired) electrons. The van der Waals surface area contributed by atoms with Crippen LogP contribution in [0.25, 0.3) is 0 Å². The molecule has 2 atom stereocenters. The first-order valence-corrected chi connectivity index (χ1v) is 9.01. The van der Waals surface area contributed by atoms with Crippen LogP contribution in [0, 0.1) is 5.82 Å². The fourth-order valence-corrected chi connectivity index (χ4v) is 3.67. The summed E-state index contributed by atoms with van der Waals surface area (Å²) >= 11 is 0. The molecule has 24 heavy (non-hydrogen) atoms. The summed E-state index contributed by atoms with van der Waals surface area (Å²) in [5.41, 5.74) is 2.07. The maximum absolute atomic E-state index is 12.9. The zero-order chi connectivity index (χ0) is 16.9. The van der Waals surface area contributed by atoms with Crippen LogP contribution in [0.4, 0.5) is 4.39 Å². The highest BCUT2D eigenvalue weighted by Crippen LogP contribution is 2.22. The first-order chi connectivity index (χ1) is 11.6. The number of likely N-dealkylation sites (tertiary alicyclic amines) is 1. The van der Waals surface area contributed by atoms with E-state index in [1.165, 1.54) is 31.4 Å². The minimum absolute atomic E-state index is 0.209. The first kappa shape index (κ1) is 17.1. The fraction of sp³-hybridized carbons (Fsp3) is 0.579. The van der Waals surface area contributed by atoms with Gasteiger partial charge in [0.1, 0.15) is 5.82 Å². The topological polar surface area (TPSA) is 34.0 Å². The van der Waals surface area contributed by atoms with Crippen LogP contribution in [-0.2, 0) is 13.0 Å². The molecule has 1 aromatic carbocycles. The Morgan fingerprint density at radius 2 is 1.83 bits per heavy atom. The molecular formula is C19H27FN4. The lowest BCUT2D eigenvalue weighted by Crippen LogP contribution is -2.44. The third-order valence-corrected chi connectivity index (χ3v) is 5.07.